The number of amides is 1. The molecule has 0 N–H and O–H groups in total. The summed E-state index contributed by atoms with van der Waals surface area (Å²) in [6.45, 7) is 4.18. The van der Waals surface area contributed by atoms with Crippen LogP contribution < -0.4 is 4.90 Å². The van der Waals surface area contributed by atoms with Gasteiger partial charge in [-0.2, -0.15) is 4.31 Å². The maximum Gasteiger partial charge on any atom is 0.243 e. The lowest BCUT2D eigenvalue weighted by molar-refractivity contribution is -0.123. The number of benzene rings is 2. The van der Waals surface area contributed by atoms with Crippen molar-refractivity contribution in [1.29, 1.82) is 0 Å². The summed E-state index contributed by atoms with van der Waals surface area (Å²) in [6, 6.07) is 12.0. The van der Waals surface area contributed by atoms with Crippen LogP contribution in [0.4, 0.5) is 5.69 Å². The number of sulfone groups is 1. The molecule has 2 aromatic carbocycles. The van der Waals surface area contributed by atoms with E-state index in [1.54, 1.807) is 17.0 Å². The number of anilines is 1. The monoisotopic (exact) mass is 498 g/mol. The summed E-state index contributed by atoms with van der Waals surface area (Å²) in [4.78, 5) is 15.4. The quantitative estimate of drug-likeness (QED) is 0.607. The van der Waals surface area contributed by atoms with Crippen molar-refractivity contribution in [1.82, 2.24) is 4.31 Å². The highest BCUT2D eigenvalue weighted by atomic mass is 35.5. The second-order valence-corrected chi connectivity index (χ2v) is 12.6. The van der Waals surface area contributed by atoms with E-state index in [1.807, 2.05) is 13.8 Å². The van der Waals surface area contributed by atoms with Gasteiger partial charge in [0, 0.05) is 36.1 Å². The summed E-state index contributed by atoms with van der Waals surface area (Å²) in [5, 5.41) is 0.449. The van der Waals surface area contributed by atoms with E-state index in [2.05, 4.69) is 0 Å². The fourth-order valence-corrected chi connectivity index (χ4v) is 6.13. The summed E-state index contributed by atoms with van der Waals surface area (Å²) in [7, 11) is -7.08. The summed E-state index contributed by atoms with van der Waals surface area (Å²) in [5.74, 6) is -0.675. The molecule has 1 fully saturated rings. The molecule has 0 saturated carbocycles. The maximum atomic E-state index is 13.4. The van der Waals surface area contributed by atoms with Gasteiger partial charge < -0.3 is 4.90 Å². The number of hydrogen-bond donors (Lipinski definition) is 0. The Morgan fingerprint density at radius 3 is 2.09 bits per heavy atom. The predicted octanol–water partition coefficient (Wildman–Crippen LogP) is 3.59. The maximum absolute atomic E-state index is 13.4. The van der Waals surface area contributed by atoms with Crippen LogP contribution in [0.15, 0.2) is 58.3 Å². The highest BCUT2D eigenvalue weighted by molar-refractivity contribution is 7.90. The molecule has 1 aliphatic rings. The lowest BCUT2D eigenvalue weighted by Gasteiger charge is -2.36. The van der Waals surface area contributed by atoms with Crippen LogP contribution in [0.25, 0.3) is 0 Å². The number of hydrogen-bond acceptors (Lipinski definition) is 5. The Morgan fingerprint density at radius 1 is 1.00 bits per heavy atom. The molecule has 32 heavy (non-hydrogen) atoms. The van der Waals surface area contributed by atoms with Gasteiger partial charge in [0.05, 0.1) is 15.7 Å². The Morgan fingerprint density at radius 2 is 1.56 bits per heavy atom. The molecule has 174 valence electrons. The van der Waals surface area contributed by atoms with E-state index in [0.29, 0.717) is 30.1 Å². The van der Waals surface area contributed by atoms with Crippen LogP contribution in [0.5, 0.6) is 0 Å². The molecule has 0 aliphatic carbocycles. The van der Waals surface area contributed by atoms with Crippen LogP contribution in [0, 0.1) is 5.92 Å². The largest absolute Gasteiger partial charge is 0.310 e. The Labute approximate surface area is 195 Å². The first-order valence-corrected chi connectivity index (χ1v) is 14.0. The molecular weight excluding hydrogens is 472 g/mol. The van der Waals surface area contributed by atoms with E-state index < -0.39 is 25.8 Å². The Hall–Kier alpha value is -1.94. The van der Waals surface area contributed by atoms with Gasteiger partial charge in [0.2, 0.25) is 15.9 Å². The fourth-order valence-electron chi connectivity index (χ4n) is 3.85. The number of halogens is 1. The van der Waals surface area contributed by atoms with Crippen LogP contribution in [0.3, 0.4) is 0 Å². The number of piperidine rings is 1. The van der Waals surface area contributed by atoms with Crippen LogP contribution >= 0.6 is 11.6 Å². The number of rotatable bonds is 6. The molecule has 1 saturated heterocycles. The third kappa shape index (κ3) is 5.33. The van der Waals surface area contributed by atoms with Crippen LogP contribution in [0.2, 0.25) is 5.02 Å². The van der Waals surface area contributed by atoms with E-state index in [4.69, 9.17) is 11.6 Å². The molecule has 1 unspecified atom stereocenters. The number of carbonyl (C=O) groups excluding carboxylic acids is 1. The molecule has 1 aliphatic heterocycles. The Kier molecular flexibility index (Phi) is 7.34. The van der Waals surface area contributed by atoms with Gasteiger partial charge in [-0.25, -0.2) is 16.8 Å². The first-order chi connectivity index (χ1) is 14.9. The zero-order valence-electron chi connectivity index (χ0n) is 18.2. The Balaban J connectivity index is 1.84. The van der Waals surface area contributed by atoms with Gasteiger partial charge in [-0.15, -0.1) is 0 Å². The van der Waals surface area contributed by atoms with Gasteiger partial charge in [0.15, 0.2) is 9.84 Å². The van der Waals surface area contributed by atoms with Gasteiger partial charge in [-0.1, -0.05) is 11.6 Å². The van der Waals surface area contributed by atoms with Crippen molar-refractivity contribution in [3.63, 3.8) is 0 Å². The average Bonchev–Trinajstić information content (AvgIpc) is 2.74. The minimum Gasteiger partial charge on any atom is -0.310 e. The molecule has 1 atom stereocenters. The van der Waals surface area contributed by atoms with Crippen molar-refractivity contribution in [3.8, 4) is 0 Å². The average molecular weight is 499 g/mol. The van der Waals surface area contributed by atoms with E-state index in [1.165, 1.54) is 40.7 Å². The van der Waals surface area contributed by atoms with Gasteiger partial charge in [-0.3, -0.25) is 4.79 Å². The minimum absolute atomic E-state index is 0.0917. The van der Waals surface area contributed by atoms with Gasteiger partial charge in [0.25, 0.3) is 0 Å². The van der Waals surface area contributed by atoms with Crippen molar-refractivity contribution in [2.24, 2.45) is 5.92 Å². The summed E-state index contributed by atoms with van der Waals surface area (Å²) < 4.78 is 51.0. The molecule has 0 aromatic heterocycles. The topological polar surface area (TPSA) is 91.8 Å². The zero-order chi connectivity index (χ0) is 23.7. The van der Waals surface area contributed by atoms with E-state index in [9.17, 15) is 21.6 Å². The van der Waals surface area contributed by atoms with Crippen molar-refractivity contribution in [2.75, 3.05) is 24.2 Å². The lowest BCUT2D eigenvalue weighted by atomic mass is 9.97. The predicted molar refractivity (Wildman–Crippen MR) is 125 cm³/mol. The van der Waals surface area contributed by atoms with Crippen LogP contribution in [-0.4, -0.2) is 52.4 Å². The smallest absolute Gasteiger partial charge is 0.243 e. The molecule has 10 heteroatoms. The van der Waals surface area contributed by atoms with Gasteiger partial charge in [-0.05, 0) is 75.2 Å². The number of sulfonamides is 1. The van der Waals surface area contributed by atoms with Crippen molar-refractivity contribution < 1.29 is 21.6 Å². The summed E-state index contributed by atoms with van der Waals surface area (Å²) in [5.41, 5.74) is 0.579. The fraction of sp³-hybridized carbons (Fsp3) is 0.409. The van der Waals surface area contributed by atoms with Crippen LogP contribution in [-0.2, 0) is 24.7 Å². The van der Waals surface area contributed by atoms with Crippen LogP contribution in [0.1, 0.15) is 26.7 Å². The molecule has 2 aromatic rings. The minimum atomic E-state index is -3.74. The Bertz CT molecular complexity index is 1180. The lowest BCUT2D eigenvalue weighted by Crippen LogP contribution is -2.48. The molecule has 1 amide bonds. The van der Waals surface area contributed by atoms with E-state index in [0.717, 1.165) is 6.26 Å². The van der Waals surface area contributed by atoms with Crippen molar-refractivity contribution in [3.05, 3.63) is 53.6 Å². The van der Waals surface area contributed by atoms with Gasteiger partial charge in [0.1, 0.15) is 0 Å². The third-order valence-electron chi connectivity index (χ3n) is 5.48. The molecule has 7 nitrogen and oxygen atoms in total. The molecule has 0 radical (unpaired) electrons. The summed E-state index contributed by atoms with van der Waals surface area (Å²) in [6.07, 6.45) is 2.28. The zero-order valence-corrected chi connectivity index (χ0v) is 20.6. The van der Waals surface area contributed by atoms with Crippen molar-refractivity contribution in [2.45, 2.75) is 42.5 Å². The highest BCUT2D eigenvalue weighted by Crippen LogP contribution is 2.29. The molecular formula is C22H27ClN2O5S2. The second kappa shape index (κ2) is 9.51. The summed E-state index contributed by atoms with van der Waals surface area (Å²) >= 11 is 5.88. The first-order valence-electron chi connectivity index (χ1n) is 10.3. The number of carbonyl (C=O) groups is 1. The molecule has 0 spiro atoms. The standard InChI is InChI=1S/C22H27ClN2O5S2/c1-16(2)25(19-8-12-20(13-9-19)31(3,27)28)22(26)17-5-4-14-24(15-17)32(29,30)21-10-6-18(23)7-11-21/h6-13,16-17H,4-5,14-15H2,1-3H3. The van der Waals surface area contributed by atoms with Crippen molar-refractivity contribution >= 4 is 43.1 Å². The first kappa shape index (κ1) is 24.7. The third-order valence-corrected chi connectivity index (χ3v) is 8.74. The second-order valence-electron chi connectivity index (χ2n) is 8.22. The SMILES string of the molecule is CC(C)N(C(=O)C1CCCN(S(=O)(=O)c2ccc(Cl)cc2)C1)c1ccc(S(C)(=O)=O)cc1. The normalized spacial score (nSPS) is 18.0. The van der Waals surface area contributed by atoms with Gasteiger partial charge >= 0.3 is 0 Å². The van der Waals surface area contributed by atoms with E-state index in [-0.39, 0.29) is 28.3 Å². The molecule has 0 bridgehead atoms. The highest BCUT2D eigenvalue weighted by Gasteiger charge is 2.36. The molecule has 1 heterocycles. The number of nitrogens with zero attached hydrogens (tertiary/aromatic N) is 2. The molecule has 3 rings (SSSR count). The van der Waals surface area contributed by atoms with E-state index >= 15 is 0 Å².